The predicted molar refractivity (Wildman–Crippen MR) is 106 cm³/mol. The van der Waals surface area contributed by atoms with E-state index in [1.807, 2.05) is 24.3 Å². The first-order chi connectivity index (χ1) is 13.9. The molecule has 0 aliphatic carbocycles. The molecule has 0 unspecified atom stereocenters. The van der Waals surface area contributed by atoms with Gasteiger partial charge < -0.3 is 9.15 Å². The van der Waals surface area contributed by atoms with Gasteiger partial charge >= 0.3 is 0 Å². The van der Waals surface area contributed by atoms with Crippen LogP contribution in [0.1, 0.15) is 22.5 Å². The number of ether oxygens (including phenoxy) is 1. The number of hydrogen-bond donors (Lipinski definition) is 1. The Labute approximate surface area is 168 Å². The molecule has 0 aliphatic heterocycles. The SMILES string of the molecule is Cc1c([N+](=O)[O-])cccc1S(=O)(=O)NCc1cccc(COCc2ccco2)c1. The highest BCUT2D eigenvalue weighted by atomic mass is 32.2. The molecule has 3 aromatic rings. The number of hydrogen-bond acceptors (Lipinski definition) is 6. The molecular weight excluding hydrogens is 396 g/mol. The molecule has 9 heteroatoms. The minimum atomic E-state index is -3.90. The average Bonchev–Trinajstić information content (AvgIpc) is 3.20. The first kappa shape index (κ1) is 20.7. The normalized spacial score (nSPS) is 11.5. The van der Waals surface area contributed by atoms with E-state index < -0.39 is 14.9 Å². The standard InChI is InChI=1S/C20H20N2O6S/c1-15-19(22(23)24)8-3-9-20(15)29(25,26)21-12-16-5-2-6-17(11-16)13-27-14-18-7-4-10-28-18/h2-11,21H,12-14H2,1H3. The summed E-state index contributed by atoms with van der Waals surface area (Å²) < 4.78 is 38.5. The van der Waals surface area contributed by atoms with Crippen LogP contribution in [0.15, 0.2) is 70.2 Å². The number of furan rings is 1. The van der Waals surface area contributed by atoms with Gasteiger partial charge in [0, 0.05) is 18.2 Å². The van der Waals surface area contributed by atoms with E-state index in [4.69, 9.17) is 9.15 Å². The molecule has 152 valence electrons. The summed E-state index contributed by atoms with van der Waals surface area (Å²) in [6.07, 6.45) is 1.58. The molecule has 0 fully saturated rings. The monoisotopic (exact) mass is 416 g/mol. The zero-order valence-corrected chi connectivity index (χ0v) is 16.5. The summed E-state index contributed by atoms with van der Waals surface area (Å²) in [5.74, 6) is 0.723. The fourth-order valence-corrected chi connectivity index (χ4v) is 4.12. The lowest BCUT2D eigenvalue weighted by atomic mass is 10.1. The van der Waals surface area contributed by atoms with E-state index in [1.165, 1.54) is 25.1 Å². The zero-order chi connectivity index (χ0) is 20.9. The second-order valence-corrected chi connectivity index (χ2v) is 8.11. The molecule has 0 saturated heterocycles. The van der Waals surface area contributed by atoms with Crippen LogP contribution < -0.4 is 4.72 Å². The van der Waals surface area contributed by atoms with E-state index in [0.29, 0.717) is 13.2 Å². The van der Waals surface area contributed by atoms with E-state index in [-0.39, 0.29) is 22.7 Å². The zero-order valence-electron chi connectivity index (χ0n) is 15.7. The van der Waals surface area contributed by atoms with Crippen LogP contribution in [0.2, 0.25) is 0 Å². The molecular formula is C20H20N2O6S. The van der Waals surface area contributed by atoms with Crippen molar-refractivity contribution in [1.29, 1.82) is 0 Å². The highest BCUT2D eigenvalue weighted by molar-refractivity contribution is 7.89. The molecule has 29 heavy (non-hydrogen) atoms. The molecule has 3 rings (SSSR count). The number of rotatable bonds is 9. The van der Waals surface area contributed by atoms with Crippen molar-refractivity contribution in [3.05, 3.63) is 93.4 Å². The van der Waals surface area contributed by atoms with Gasteiger partial charge in [-0.25, -0.2) is 13.1 Å². The average molecular weight is 416 g/mol. The Hall–Kier alpha value is -3.01. The van der Waals surface area contributed by atoms with Gasteiger partial charge in [-0.1, -0.05) is 30.3 Å². The Morgan fingerprint density at radius 1 is 1.07 bits per heavy atom. The minimum absolute atomic E-state index is 0.0521. The Bertz CT molecular complexity index is 1090. The van der Waals surface area contributed by atoms with Crippen LogP contribution in [-0.4, -0.2) is 13.3 Å². The van der Waals surface area contributed by atoms with Crippen molar-refractivity contribution in [2.75, 3.05) is 0 Å². The van der Waals surface area contributed by atoms with Crippen LogP contribution in [0, 0.1) is 17.0 Å². The van der Waals surface area contributed by atoms with Crippen molar-refractivity contribution < 1.29 is 22.5 Å². The highest BCUT2D eigenvalue weighted by Gasteiger charge is 2.22. The van der Waals surface area contributed by atoms with Crippen LogP contribution in [-0.2, 0) is 34.5 Å². The fraction of sp³-hybridized carbons (Fsp3) is 0.200. The molecule has 0 radical (unpaired) electrons. The third-order valence-electron chi connectivity index (χ3n) is 4.29. The molecule has 0 saturated carbocycles. The van der Waals surface area contributed by atoms with E-state index in [9.17, 15) is 18.5 Å². The molecule has 2 aromatic carbocycles. The second-order valence-electron chi connectivity index (χ2n) is 6.37. The van der Waals surface area contributed by atoms with E-state index in [0.717, 1.165) is 16.9 Å². The molecule has 1 heterocycles. The summed E-state index contributed by atoms with van der Waals surface area (Å²) in [5.41, 5.74) is 1.50. The quantitative estimate of drug-likeness (QED) is 0.421. The highest BCUT2D eigenvalue weighted by Crippen LogP contribution is 2.24. The van der Waals surface area contributed by atoms with Crippen molar-refractivity contribution in [3.8, 4) is 0 Å². The molecule has 8 nitrogen and oxygen atoms in total. The van der Waals surface area contributed by atoms with Crippen molar-refractivity contribution >= 4 is 15.7 Å². The first-order valence-electron chi connectivity index (χ1n) is 8.78. The van der Waals surface area contributed by atoms with Crippen LogP contribution in [0.3, 0.4) is 0 Å². The van der Waals surface area contributed by atoms with Crippen molar-refractivity contribution in [1.82, 2.24) is 4.72 Å². The van der Waals surface area contributed by atoms with Gasteiger partial charge in [-0.2, -0.15) is 0 Å². The summed E-state index contributed by atoms with van der Waals surface area (Å²) >= 11 is 0. The number of benzene rings is 2. The fourth-order valence-electron chi connectivity index (χ4n) is 2.84. The number of nitrogens with zero attached hydrogens (tertiary/aromatic N) is 1. The van der Waals surface area contributed by atoms with Gasteiger partial charge in [-0.3, -0.25) is 10.1 Å². The Kier molecular flexibility index (Phi) is 6.42. The first-order valence-corrected chi connectivity index (χ1v) is 10.3. The second kappa shape index (κ2) is 8.99. The third kappa shape index (κ3) is 5.29. The summed E-state index contributed by atoms with van der Waals surface area (Å²) in [5, 5.41) is 11.1. The third-order valence-corrected chi connectivity index (χ3v) is 5.84. The van der Waals surface area contributed by atoms with Crippen LogP contribution in [0.5, 0.6) is 0 Å². The molecule has 1 aromatic heterocycles. The van der Waals surface area contributed by atoms with Gasteiger partial charge in [0.05, 0.1) is 22.7 Å². The number of sulfonamides is 1. The van der Waals surface area contributed by atoms with Crippen molar-refractivity contribution in [2.45, 2.75) is 31.6 Å². The molecule has 1 N–H and O–H groups in total. The van der Waals surface area contributed by atoms with Crippen LogP contribution >= 0.6 is 0 Å². The van der Waals surface area contributed by atoms with Gasteiger partial charge in [0.1, 0.15) is 12.4 Å². The van der Waals surface area contributed by atoms with Gasteiger partial charge in [0.25, 0.3) is 5.69 Å². The Balaban J connectivity index is 1.65. The smallest absolute Gasteiger partial charge is 0.273 e. The van der Waals surface area contributed by atoms with Crippen LogP contribution in [0.4, 0.5) is 5.69 Å². The maximum absolute atomic E-state index is 12.6. The summed E-state index contributed by atoms with van der Waals surface area (Å²) in [6.45, 7) is 2.17. The van der Waals surface area contributed by atoms with Crippen molar-refractivity contribution in [2.24, 2.45) is 0 Å². The number of nitro groups is 1. The van der Waals surface area contributed by atoms with Gasteiger partial charge in [-0.15, -0.1) is 0 Å². The predicted octanol–water partition coefficient (Wildman–Crippen LogP) is 3.69. The minimum Gasteiger partial charge on any atom is -0.467 e. The topological polar surface area (TPSA) is 112 Å². The number of nitrogens with one attached hydrogen (secondary N) is 1. The summed E-state index contributed by atoms with van der Waals surface area (Å²) in [6, 6.07) is 14.9. The largest absolute Gasteiger partial charge is 0.467 e. The lowest BCUT2D eigenvalue weighted by molar-refractivity contribution is -0.385. The Morgan fingerprint density at radius 3 is 2.55 bits per heavy atom. The maximum atomic E-state index is 12.6. The van der Waals surface area contributed by atoms with Crippen molar-refractivity contribution in [3.63, 3.8) is 0 Å². The van der Waals surface area contributed by atoms with E-state index in [2.05, 4.69) is 4.72 Å². The molecule has 0 atom stereocenters. The Morgan fingerprint density at radius 2 is 1.83 bits per heavy atom. The van der Waals surface area contributed by atoms with E-state index >= 15 is 0 Å². The molecule has 0 bridgehead atoms. The van der Waals surface area contributed by atoms with Crippen LogP contribution in [0.25, 0.3) is 0 Å². The molecule has 0 spiro atoms. The van der Waals surface area contributed by atoms with Gasteiger partial charge in [0.2, 0.25) is 10.0 Å². The van der Waals surface area contributed by atoms with Gasteiger partial charge in [-0.05, 0) is 36.2 Å². The maximum Gasteiger partial charge on any atom is 0.273 e. The van der Waals surface area contributed by atoms with Gasteiger partial charge in [0.15, 0.2) is 0 Å². The lowest BCUT2D eigenvalue weighted by Gasteiger charge is -2.10. The molecule has 0 aliphatic rings. The number of nitro benzene ring substituents is 1. The lowest BCUT2D eigenvalue weighted by Crippen LogP contribution is -2.24. The summed E-state index contributed by atoms with van der Waals surface area (Å²) in [4.78, 5) is 10.3. The molecule has 0 amide bonds. The van der Waals surface area contributed by atoms with E-state index in [1.54, 1.807) is 18.4 Å². The summed E-state index contributed by atoms with van der Waals surface area (Å²) in [7, 11) is -3.90.